The summed E-state index contributed by atoms with van der Waals surface area (Å²) in [6.07, 6.45) is -0.335. The molecule has 0 saturated heterocycles. The van der Waals surface area contributed by atoms with Crippen LogP contribution in [0.2, 0.25) is 30.7 Å². The minimum absolute atomic E-state index is 0.115. The van der Waals surface area contributed by atoms with Gasteiger partial charge < -0.3 is 23.4 Å². The highest BCUT2D eigenvalue weighted by atomic mass is 28.4. The van der Waals surface area contributed by atoms with Gasteiger partial charge >= 0.3 is 0 Å². The Morgan fingerprint density at radius 3 is 1.90 bits per heavy atom. The molecule has 8 nitrogen and oxygen atoms in total. The number of amides is 1. The lowest BCUT2D eigenvalue weighted by atomic mass is 10.1. The van der Waals surface area contributed by atoms with E-state index >= 15 is 0 Å². The molecular weight excluding hydrogens is 639 g/mol. The van der Waals surface area contributed by atoms with Gasteiger partial charge in [-0.15, -0.1) is 0 Å². The van der Waals surface area contributed by atoms with E-state index in [1.165, 1.54) is 12.2 Å². The maximum absolute atomic E-state index is 13.5. The highest BCUT2D eigenvalue weighted by Crippen LogP contribution is 2.38. The quantitative estimate of drug-likeness (QED) is 0.0567. The highest BCUT2D eigenvalue weighted by Gasteiger charge is 2.51. The predicted octanol–water partition coefficient (Wildman–Crippen LogP) is 6.65. The molecule has 3 rings (SSSR count). The van der Waals surface area contributed by atoms with Crippen LogP contribution in [0.4, 0.5) is 0 Å². The first-order chi connectivity index (χ1) is 22.8. The molecule has 1 amide bonds. The third-order valence-electron chi connectivity index (χ3n) is 8.42. The SMILES string of the molecule is COc1ccc(CO[C@@H](COCOCC[Si](C)(C)C)CC(CC(=O)N(C)OC)O[Si](c2ccccc2)(c2ccccc2)C(C)(C)C)cc1. The monoisotopic (exact) mass is 695 g/mol. The minimum Gasteiger partial charge on any atom is -0.497 e. The van der Waals surface area contributed by atoms with Crippen molar-refractivity contribution < 1.29 is 33.0 Å². The third-order valence-corrected chi connectivity index (χ3v) is 15.2. The van der Waals surface area contributed by atoms with E-state index in [4.69, 9.17) is 28.2 Å². The first-order valence-corrected chi connectivity index (χ1v) is 22.4. The maximum atomic E-state index is 13.5. The van der Waals surface area contributed by atoms with Gasteiger partial charge in [0.1, 0.15) is 12.5 Å². The lowest BCUT2D eigenvalue weighted by molar-refractivity contribution is -0.171. The summed E-state index contributed by atoms with van der Waals surface area (Å²) < 4.78 is 31.3. The predicted molar refractivity (Wildman–Crippen MR) is 198 cm³/mol. The van der Waals surface area contributed by atoms with Crippen LogP contribution in [0.3, 0.4) is 0 Å². The van der Waals surface area contributed by atoms with Crippen molar-refractivity contribution in [1.82, 2.24) is 5.06 Å². The number of hydrogen-bond donors (Lipinski definition) is 0. The van der Waals surface area contributed by atoms with E-state index in [1.54, 1.807) is 14.2 Å². The number of rotatable bonds is 20. The molecule has 264 valence electrons. The second kappa shape index (κ2) is 18.8. The van der Waals surface area contributed by atoms with Crippen LogP contribution in [-0.4, -0.2) is 80.8 Å². The second-order valence-electron chi connectivity index (χ2n) is 14.4. The average molecular weight is 696 g/mol. The molecule has 1 unspecified atom stereocenters. The fourth-order valence-electron chi connectivity index (χ4n) is 5.63. The van der Waals surface area contributed by atoms with E-state index in [-0.39, 0.29) is 36.9 Å². The van der Waals surface area contributed by atoms with Gasteiger partial charge in [0.2, 0.25) is 5.91 Å². The number of carbonyl (C=O) groups excluding carboxylic acids is 1. The Bertz CT molecular complexity index is 1310. The minimum atomic E-state index is -3.00. The van der Waals surface area contributed by atoms with Crippen molar-refractivity contribution in [2.24, 2.45) is 0 Å². The van der Waals surface area contributed by atoms with Crippen LogP contribution >= 0.6 is 0 Å². The van der Waals surface area contributed by atoms with Gasteiger partial charge in [0.25, 0.3) is 8.32 Å². The van der Waals surface area contributed by atoms with Crippen molar-refractivity contribution in [2.75, 3.05) is 41.3 Å². The number of nitrogens with zero attached hydrogens (tertiary/aromatic N) is 1. The summed E-state index contributed by atoms with van der Waals surface area (Å²) in [5.74, 6) is 0.610. The standard InChI is InChI=1S/C38H57NO7Si2/c1-38(2,3)48(35-16-12-10-13-17-35,36-18-14-11-15-19-36)46-33(27-37(40)39(4)42-6)26-34(29-44-30-43-24-25-47(7,8)9)45-28-31-20-22-32(41-5)23-21-31/h10-23,33-34H,24-30H2,1-9H3/t33?,34-/m1/s1. The molecule has 3 aromatic rings. The Hall–Kier alpha value is -2.84. The largest absolute Gasteiger partial charge is 0.497 e. The third kappa shape index (κ3) is 11.9. The molecule has 0 radical (unpaired) electrons. The Kier molecular flexibility index (Phi) is 15.5. The van der Waals surface area contributed by atoms with Gasteiger partial charge in [-0.25, -0.2) is 5.06 Å². The van der Waals surface area contributed by atoms with Crippen molar-refractivity contribution >= 4 is 32.7 Å². The topological polar surface area (TPSA) is 75.7 Å². The Balaban J connectivity index is 1.97. The Morgan fingerprint density at radius 1 is 0.812 bits per heavy atom. The highest BCUT2D eigenvalue weighted by molar-refractivity contribution is 6.99. The molecule has 2 atom stereocenters. The molecule has 0 N–H and O–H groups in total. The summed E-state index contributed by atoms with van der Waals surface area (Å²) in [4.78, 5) is 18.8. The van der Waals surface area contributed by atoms with Gasteiger partial charge in [-0.05, 0) is 39.2 Å². The van der Waals surface area contributed by atoms with Crippen LogP contribution in [0, 0.1) is 0 Å². The van der Waals surface area contributed by atoms with Crippen LogP contribution in [0.1, 0.15) is 39.2 Å². The molecule has 0 aliphatic heterocycles. The molecule has 0 aliphatic carbocycles. The molecule has 0 spiro atoms. The number of carbonyl (C=O) groups is 1. The van der Waals surface area contributed by atoms with Gasteiger partial charge in [-0.3, -0.25) is 9.63 Å². The van der Waals surface area contributed by atoms with Crippen LogP contribution in [0.5, 0.6) is 5.75 Å². The van der Waals surface area contributed by atoms with E-state index in [0.29, 0.717) is 19.6 Å². The zero-order chi connectivity index (χ0) is 35.2. The lowest BCUT2D eigenvalue weighted by Gasteiger charge is -2.45. The molecule has 0 aromatic heterocycles. The summed E-state index contributed by atoms with van der Waals surface area (Å²) in [7, 11) is 0.558. The van der Waals surface area contributed by atoms with Crippen molar-refractivity contribution in [3.63, 3.8) is 0 Å². The maximum Gasteiger partial charge on any atom is 0.261 e. The van der Waals surface area contributed by atoms with Crippen LogP contribution in [0.25, 0.3) is 0 Å². The van der Waals surface area contributed by atoms with Crippen LogP contribution in [-0.2, 0) is 34.9 Å². The van der Waals surface area contributed by atoms with E-state index in [0.717, 1.165) is 27.7 Å². The van der Waals surface area contributed by atoms with Gasteiger partial charge in [0, 0.05) is 28.1 Å². The fourth-order valence-corrected chi connectivity index (χ4v) is 11.1. The molecule has 0 heterocycles. The van der Waals surface area contributed by atoms with E-state index in [9.17, 15) is 4.79 Å². The molecule has 0 fully saturated rings. The number of benzene rings is 3. The van der Waals surface area contributed by atoms with Crippen molar-refractivity contribution in [2.45, 2.75) is 83.2 Å². The average Bonchev–Trinajstić information content (AvgIpc) is 3.06. The molecule has 48 heavy (non-hydrogen) atoms. The van der Waals surface area contributed by atoms with Crippen molar-refractivity contribution in [3.05, 3.63) is 90.5 Å². The van der Waals surface area contributed by atoms with E-state index in [2.05, 4.69) is 88.9 Å². The molecule has 0 bridgehead atoms. The molecule has 0 aliphatic rings. The number of hydroxylamine groups is 2. The Labute approximate surface area is 290 Å². The summed E-state index contributed by atoms with van der Waals surface area (Å²) in [5, 5.41) is 3.27. The second-order valence-corrected chi connectivity index (χ2v) is 24.3. The van der Waals surface area contributed by atoms with Crippen LogP contribution in [0.15, 0.2) is 84.9 Å². The van der Waals surface area contributed by atoms with Gasteiger partial charge in [0.15, 0.2) is 0 Å². The molecule has 10 heteroatoms. The number of methoxy groups -OCH3 is 1. The molecule has 0 saturated carbocycles. The van der Waals surface area contributed by atoms with Gasteiger partial charge in [-0.2, -0.15) is 0 Å². The number of hydrogen-bond acceptors (Lipinski definition) is 7. The summed E-state index contributed by atoms with van der Waals surface area (Å²) in [6, 6.07) is 29.8. The van der Waals surface area contributed by atoms with Gasteiger partial charge in [-0.1, -0.05) is 113 Å². The first kappa shape index (κ1) is 39.6. The zero-order valence-corrected chi connectivity index (χ0v) is 32.5. The molecular formula is C38H57NO7Si2. The smallest absolute Gasteiger partial charge is 0.261 e. The fraction of sp³-hybridized carbons (Fsp3) is 0.500. The van der Waals surface area contributed by atoms with Crippen molar-refractivity contribution in [3.8, 4) is 5.75 Å². The summed E-state index contributed by atoms with van der Waals surface area (Å²) >= 11 is 0. The van der Waals surface area contributed by atoms with Crippen molar-refractivity contribution in [1.29, 1.82) is 0 Å². The Morgan fingerprint density at radius 2 is 1.40 bits per heavy atom. The normalized spacial score (nSPS) is 13.6. The number of ether oxygens (including phenoxy) is 4. The summed E-state index contributed by atoms with van der Waals surface area (Å²) in [6.45, 7) is 15.2. The first-order valence-electron chi connectivity index (χ1n) is 16.8. The molecule has 3 aromatic carbocycles. The lowest BCUT2D eigenvalue weighted by Crippen LogP contribution is -2.68. The summed E-state index contributed by atoms with van der Waals surface area (Å²) in [5.41, 5.74) is 1.01. The zero-order valence-electron chi connectivity index (χ0n) is 30.5. The van der Waals surface area contributed by atoms with Gasteiger partial charge in [0.05, 0.1) is 46.1 Å². The van der Waals surface area contributed by atoms with E-state index in [1.807, 2.05) is 36.4 Å². The van der Waals surface area contributed by atoms with E-state index < -0.39 is 22.5 Å². The van der Waals surface area contributed by atoms with Crippen LogP contribution < -0.4 is 15.1 Å².